The number of rotatable bonds is 20. The lowest BCUT2D eigenvalue weighted by molar-refractivity contribution is -0.141. The van der Waals surface area contributed by atoms with E-state index in [4.69, 9.17) is 10.5 Å². The number of unbranched alkanes of at least 4 members (excludes halogenated alkanes) is 1. The predicted octanol–water partition coefficient (Wildman–Crippen LogP) is 5.26. The topological polar surface area (TPSA) is 177 Å². The molecule has 1 aliphatic heterocycles. The SMILES string of the molecule is CC1=C(C)C(=O)C(CCCOC(=O)NCCCC[C@H](NC(=O)[C@@H]2CCCN2C(=O)[C@H](/C=C/[C@@H](N)CC(C)C)Cc2ccccc2)C(=O)NC(C)C)=C(C)C1=O. The molecule has 0 aromatic heterocycles. The predicted molar refractivity (Wildman–Crippen MR) is 214 cm³/mol. The molecule has 2 aliphatic rings. The third-order valence-corrected chi connectivity index (χ3v) is 10.2. The number of ether oxygens (including phenoxy) is 1. The van der Waals surface area contributed by atoms with Crippen molar-refractivity contribution in [1.82, 2.24) is 20.9 Å². The minimum Gasteiger partial charge on any atom is -0.450 e. The molecule has 1 aromatic rings. The quantitative estimate of drug-likeness (QED) is 0.0791. The van der Waals surface area contributed by atoms with Crippen molar-refractivity contribution in [1.29, 1.82) is 0 Å². The maximum atomic E-state index is 14.1. The maximum absolute atomic E-state index is 14.1. The molecule has 4 amide bonds. The van der Waals surface area contributed by atoms with Gasteiger partial charge in [-0.05, 0) is 104 Å². The molecule has 302 valence electrons. The van der Waals surface area contributed by atoms with E-state index in [2.05, 4.69) is 29.8 Å². The highest BCUT2D eigenvalue weighted by Crippen LogP contribution is 2.27. The first-order chi connectivity index (χ1) is 26.1. The molecule has 3 rings (SSSR count). The van der Waals surface area contributed by atoms with Crippen LogP contribution >= 0.6 is 0 Å². The fourth-order valence-electron chi connectivity index (χ4n) is 7.03. The third-order valence-electron chi connectivity index (χ3n) is 10.2. The molecule has 1 aromatic carbocycles. The van der Waals surface area contributed by atoms with E-state index in [0.717, 1.165) is 12.0 Å². The molecule has 0 radical (unpaired) electrons. The van der Waals surface area contributed by atoms with Crippen LogP contribution < -0.4 is 21.7 Å². The van der Waals surface area contributed by atoms with Crippen LogP contribution in [0.3, 0.4) is 0 Å². The van der Waals surface area contributed by atoms with Gasteiger partial charge in [0.05, 0.1) is 12.5 Å². The van der Waals surface area contributed by atoms with Crippen molar-refractivity contribution in [3.05, 3.63) is 70.3 Å². The number of allylic oxidation sites excluding steroid dienone is 4. The molecule has 12 nitrogen and oxygen atoms in total. The number of carbonyl (C=O) groups excluding carboxylic acids is 6. The summed E-state index contributed by atoms with van der Waals surface area (Å²) in [5, 5.41) is 8.53. The summed E-state index contributed by atoms with van der Waals surface area (Å²) in [6.07, 6.45) is 7.78. The van der Waals surface area contributed by atoms with Gasteiger partial charge < -0.3 is 31.3 Å². The zero-order chi connectivity index (χ0) is 40.7. The number of alkyl carbamates (subject to hydrolysis) is 1. The first-order valence-electron chi connectivity index (χ1n) is 19.9. The van der Waals surface area contributed by atoms with E-state index >= 15 is 0 Å². The van der Waals surface area contributed by atoms with Gasteiger partial charge in [-0.3, -0.25) is 24.0 Å². The molecular weight excluding hydrogens is 699 g/mol. The van der Waals surface area contributed by atoms with E-state index in [9.17, 15) is 28.8 Å². The summed E-state index contributed by atoms with van der Waals surface area (Å²) in [7, 11) is 0. The molecule has 1 heterocycles. The number of ketones is 2. The van der Waals surface area contributed by atoms with Gasteiger partial charge in [-0.15, -0.1) is 0 Å². The highest BCUT2D eigenvalue weighted by molar-refractivity contribution is 6.24. The molecule has 0 spiro atoms. The second kappa shape index (κ2) is 22.1. The van der Waals surface area contributed by atoms with Crippen molar-refractivity contribution in [2.24, 2.45) is 17.6 Å². The number of Topliss-reactive ketones (excluding diaryl/α,β-unsaturated/α-hetero) is 2. The highest BCUT2D eigenvalue weighted by atomic mass is 16.5. The van der Waals surface area contributed by atoms with E-state index in [1.165, 1.54) is 0 Å². The summed E-state index contributed by atoms with van der Waals surface area (Å²) in [6.45, 7) is 13.7. The molecule has 55 heavy (non-hydrogen) atoms. The van der Waals surface area contributed by atoms with Crippen LogP contribution in [0.25, 0.3) is 0 Å². The van der Waals surface area contributed by atoms with Crippen LogP contribution in [0.5, 0.6) is 0 Å². The molecule has 4 atom stereocenters. The van der Waals surface area contributed by atoms with Gasteiger partial charge in [-0.2, -0.15) is 0 Å². The number of likely N-dealkylation sites (tertiary alicyclic amines) is 1. The van der Waals surface area contributed by atoms with E-state index in [0.29, 0.717) is 92.7 Å². The van der Waals surface area contributed by atoms with Gasteiger partial charge in [0.2, 0.25) is 17.7 Å². The van der Waals surface area contributed by atoms with Crippen LogP contribution in [0.4, 0.5) is 4.79 Å². The molecule has 0 unspecified atom stereocenters. The van der Waals surface area contributed by atoms with Gasteiger partial charge in [0.1, 0.15) is 12.1 Å². The van der Waals surface area contributed by atoms with Crippen LogP contribution in [0, 0.1) is 11.8 Å². The van der Waals surface area contributed by atoms with E-state index in [1.54, 1.807) is 25.7 Å². The number of hydrogen-bond donors (Lipinski definition) is 4. The zero-order valence-electron chi connectivity index (χ0n) is 33.9. The Kier molecular flexibility index (Phi) is 18.0. The number of nitrogens with two attached hydrogens (primary N) is 1. The normalized spacial score (nSPS) is 17.9. The Hall–Kier alpha value is -4.58. The Morgan fingerprint density at radius 1 is 0.909 bits per heavy atom. The fourth-order valence-corrected chi connectivity index (χ4v) is 7.03. The minimum atomic E-state index is -0.817. The first kappa shape index (κ1) is 44.8. The van der Waals surface area contributed by atoms with Crippen LogP contribution in [-0.2, 0) is 35.1 Å². The summed E-state index contributed by atoms with van der Waals surface area (Å²) in [4.78, 5) is 80.0. The molecule has 0 saturated carbocycles. The van der Waals surface area contributed by atoms with Crippen molar-refractivity contribution in [2.75, 3.05) is 19.7 Å². The Morgan fingerprint density at radius 2 is 1.60 bits per heavy atom. The molecule has 12 heteroatoms. The van der Waals surface area contributed by atoms with Gasteiger partial charge in [-0.1, -0.05) is 56.3 Å². The minimum absolute atomic E-state index is 0.0882. The number of carbonyl (C=O) groups is 6. The largest absolute Gasteiger partial charge is 0.450 e. The molecular formula is C43H63N5O7. The second-order valence-electron chi connectivity index (χ2n) is 15.6. The van der Waals surface area contributed by atoms with Gasteiger partial charge in [0, 0.05) is 47.5 Å². The Morgan fingerprint density at radius 3 is 2.27 bits per heavy atom. The average Bonchev–Trinajstić information content (AvgIpc) is 3.64. The van der Waals surface area contributed by atoms with Gasteiger partial charge >= 0.3 is 6.09 Å². The molecule has 1 saturated heterocycles. The van der Waals surface area contributed by atoms with E-state index < -0.39 is 24.1 Å². The lowest BCUT2D eigenvalue weighted by Gasteiger charge is -2.29. The first-order valence-corrected chi connectivity index (χ1v) is 19.9. The number of benzene rings is 1. The lowest BCUT2D eigenvalue weighted by Crippen LogP contribution is -2.54. The highest BCUT2D eigenvalue weighted by Gasteiger charge is 2.38. The number of amides is 4. The molecule has 1 aliphatic carbocycles. The van der Waals surface area contributed by atoms with Crippen molar-refractivity contribution < 1.29 is 33.5 Å². The lowest BCUT2D eigenvalue weighted by atomic mass is 9.84. The van der Waals surface area contributed by atoms with E-state index in [-0.39, 0.29) is 48.0 Å². The van der Waals surface area contributed by atoms with Crippen LogP contribution in [0.15, 0.2) is 64.8 Å². The van der Waals surface area contributed by atoms with E-state index in [1.807, 2.05) is 56.3 Å². The average molecular weight is 762 g/mol. The number of nitrogens with zero attached hydrogens (tertiary/aromatic N) is 1. The summed E-state index contributed by atoms with van der Waals surface area (Å²) in [5.74, 6) is -1.14. The zero-order valence-corrected chi connectivity index (χ0v) is 33.9. The van der Waals surface area contributed by atoms with Crippen molar-refractivity contribution in [3.8, 4) is 0 Å². The van der Waals surface area contributed by atoms with Gasteiger partial charge in [0.25, 0.3) is 0 Å². The Labute approximate surface area is 327 Å². The van der Waals surface area contributed by atoms with Crippen molar-refractivity contribution in [3.63, 3.8) is 0 Å². The van der Waals surface area contributed by atoms with Crippen molar-refractivity contribution in [2.45, 2.75) is 130 Å². The third kappa shape index (κ3) is 13.9. The summed E-state index contributed by atoms with van der Waals surface area (Å²) in [5.41, 5.74) is 9.19. The Bertz CT molecular complexity index is 1610. The monoisotopic (exact) mass is 761 g/mol. The smallest absolute Gasteiger partial charge is 0.407 e. The summed E-state index contributed by atoms with van der Waals surface area (Å²) in [6, 6.07) is 7.95. The molecule has 5 N–H and O–H groups in total. The van der Waals surface area contributed by atoms with Crippen LogP contribution in [-0.4, -0.2) is 84.1 Å². The summed E-state index contributed by atoms with van der Waals surface area (Å²) < 4.78 is 5.27. The van der Waals surface area contributed by atoms with Gasteiger partial charge in [-0.25, -0.2) is 4.79 Å². The standard InChI is InChI=1S/C43H63N5O7/c1-27(2)25-34(44)21-20-33(26-32-15-9-8-10-16-32)42(53)48-23-13-19-37(48)41(52)47-36(40(51)46-28(3)4)18-11-12-22-45-43(54)55-24-14-17-35-31(7)38(49)29(5)30(6)39(35)50/h8-10,15-16,20-21,27-28,33-34,36-37H,11-14,17-19,22-26,44H2,1-7H3,(H,45,54)(H,46,51)(H,47,52)/b21-20+/t33-,34-,36+,37+/m1/s1. The number of nitrogens with one attached hydrogen (secondary N) is 3. The number of hydrogen-bond acceptors (Lipinski definition) is 8. The second-order valence-corrected chi connectivity index (χ2v) is 15.6. The fraction of sp³-hybridized carbons (Fsp3) is 0.581. The maximum Gasteiger partial charge on any atom is 0.407 e. The molecule has 1 fully saturated rings. The summed E-state index contributed by atoms with van der Waals surface area (Å²) >= 11 is 0. The van der Waals surface area contributed by atoms with Crippen LogP contribution in [0.1, 0.15) is 105 Å². The molecule has 0 bridgehead atoms. The Balaban J connectivity index is 1.53. The van der Waals surface area contributed by atoms with Gasteiger partial charge in [0.15, 0.2) is 11.6 Å². The van der Waals surface area contributed by atoms with Crippen molar-refractivity contribution >= 4 is 35.4 Å². The van der Waals surface area contributed by atoms with Crippen LogP contribution in [0.2, 0.25) is 0 Å².